The van der Waals surface area contributed by atoms with E-state index in [1.807, 2.05) is 0 Å². The van der Waals surface area contributed by atoms with Gasteiger partial charge in [-0.2, -0.15) is 0 Å². The summed E-state index contributed by atoms with van der Waals surface area (Å²) in [5.41, 5.74) is 0. The molecule has 0 aliphatic rings. The molecule has 0 unspecified atom stereocenters. The van der Waals surface area contributed by atoms with Gasteiger partial charge in [0, 0.05) is 6.54 Å². The van der Waals surface area contributed by atoms with E-state index in [-0.39, 0.29) is 6.54 Å². The van der Waals surface area contributed by atoms with Gasteiger partial charge in [0.2, 0.25) is 0 Å². The van der Waals surface area contributed by atoms with Crippen molar-refractivity contribution in [1.82, 2.24) is 5.32 Å². The molecule has 0 aliphatic heterocycles. The molecule has 0 saturated carbocycles. The summed E-state index contributed by atoms with van der Waals surface area (Å²) in [5, 5.41) is 10.2. The zero-order valence-electron chi connectivity index (χ0n) is 5.27. The summed E-state index contributed by atoms with van der Waals surface area (Å²) < 4.78 is 23.9. The summed E-state index contributed by atoms with van der Waals surface area (Å²) in [4.78, 5) is 0. The van der Waals surface area contributed by atoms with E-state index in [9.17, 15) is 8.78 Å². The number of hydrogen-bond donors (Lipinski definition) is 2. The summed E-state index contributed by atoms with van der Waals surface area (Å²) in [7, 11) is 0. The Morgan fingerprint density at radius 2 is 2.11 bits per heavy atom. The molecular weight excluding hydrogens is 128 g/mol. The van der Waals surface area contributed by atoms with Gasteiger partial charge in [0.1, 0.15) is 6.17 Å². The van der Waals surface area contributed by atoms with Crippen LogP contribution in [-0.4, -0.2) is 30.7 Å². The molecule has 2 atom stereocenters. The third kappa shape index (κ3) is 5.65. The lowest BCUT2D eigenvalue weighted by atomic mass is 10.4. The van der Waals surface area contributed by atoms with Crippen molar-refractivity contribution in [1.29, 1.82) is 0 Å². The van der Waals surface area contributed by atoms with Crippen molar-refractivity contribution < 1.29 is 13.9 Å². The first kappa shape index (κ1) is 8.78. The number of nitrogens with one attached hydrogen (secondary N) is 1. The summed E-state index contributed by atoms with van der Waals surface area (Å²) in [5.74, 6) is 0. The molecule has 0 heterocycles. The van der Waals surface area contributed by atoms with Crippen LogP contribution in [0.2, 0.25) is 0 Å². The molecule has 0 saturated heterocycles. The van der Waals surface area contributed by atoms with Gasteiger partial charge in [-0.1, -0.05) is 0 Å². The molecule has 0 aromatic heterocycles. The van der Waals surface area contributed by atoms with Gasteiger partial charge in [-0.05, 0) is 6.92 Å². The van der Waals surface area contributed by atoms with E-state index in [0.29, 0.717) is 0 Å². The zero-order valence-corrected chi connectivity index (χ0v) is 5.27. The predicted molar refractivity (Wildman–Crippen MR) is 30.6 cm³/mol. The molecule has 0 spiro atoms. The monoisotopic (exact) mass is 139 g/mol. The van der Waals surface area contributed by atoms with Gasteiger partial charge in [0.15, 0.2) is 6.30 Å². The first-order valence-electron chi connectivity index (χ1n) is 2.79. The van der Waals surface area contributed by atoms with Gasteiger partial charge in [-0.15, -0.1) is 0 Å². The van der Waals surface area contributed by atoms with Crippen molar-refractivity contribution in [2.24, 2.45) is 0 Å². The molecule has 0 aromatic carbocycles. The van der Waals surface area contributed by atoms with E-state index in [2.05, 4.69) is 5.32 Å². The quantitative estimate of drug-likeness (QED) is 0.546. The number of alkyl halides is 2. The van der Waals surface area contributed by atoms with Gasteiger partial charge in [0.05, 0.1) is 6.61 Å². The maximum atomic E-state index is 12.0. The minimum absolute atomic E-state index is 0.0538. The molecule has 0 rings (SSSR count). The SMILES string of the molecule is C[C@@H](F)CN[C@H](F)CO. The summed E-state index contributed by atoms with van der Waals surface area (Å²) >= 11 is 0. The van der Waals surface area contributed by atoms with Gasteiger partial charge in [-0.3, -0.25) is 5.32 Å². The van der Waals surface area contributed by atoms with Crippen LogP contribution in [0.1, 0.15) is 6.92 Å². The highest BCUT2D eigenvalue weighted by atomic mass is 19.1. The molecule has 4 heteroatoms. The second kappa shape index (κ2) is 4.64. The fraction of sp³-hybridized carbons (Fsp3) is 1.00. The second-order valence-electron chi connectivity index (χ2n) is 1.84. The predicted octanol–water partition coefficient (Wildman–Crippen LogP) is 0.222. The Labute approximate surface area is 52.9 Å². The normalized spacial score (nSPS) is 17.3. The Bertz CT molecular complexity index is 70.0. The Morgan fingerprint density at radius 1 is 1.56 bits per heavy atom. The summed E-state index contributed by atoms with van der Waals surface area (Å²) in [6.45, 7) is 0.658. The molecule has 56 valence electrons. The van der Waals surface area contributed by atoms with E-state index in [1.54, 1.807) is 0 Å². The van der Waals surface area contributed by atoms with Crippen molar-refractivity contribution in [3.63, 3.8) is 0 Å². The number of aliphatic hydroxyl groups excluding tert-OH is 1. The lowest BCUT2D eigenvalue weighted by molar-refractivity contribution is 0.141. The molecule has 0 aromatic rings. The maximum Gasteiger partial charge on any atom is 0.174 e. The number of rotatable bonds is 4. The fourth-order valence-electron chi connectivity index (χ4n) is 0.355. The number of halogens is 2. The highest BCUT2D eigenvalue weighted by Crippen LogP contribution is 1.87. The Kier molecular flexibility index (Phi) is 4.53. The van der Waals surface area contributed by atoms with Crippen LogP contribution in [0.3, 0.4) is 0 Å². The molecule has 9 heavy (non-hydrogen) atoms. The molecule has 0 bridgehead atoms. The third-order valence-electron chi connectivity index (χ3n) is 0.781. The average molecular weight is 139 g/mol. The molecule has 0 radical (unpaired) electrons. The van der Waals surface area contributed by atoms with Crippen LogP contribution < -0.4 is 5.32 Å². The van der Waals surface area contributed by atoms with E-state index < -0.39 is 19.1 Å². The summed E-state index contributed by atoms with van der Waals surface area (Å²) in [6, 6.07) is 0. The first-order valence-corrected chi connectivity index (χ1v) is 2.79. The zero-order chi connectivity index (χ0) is 7.28. The standard InChI is InChI=1S/C5H11F2NO/c1-4(6)2-8-5(7)3-9/h4-5,8-9H,2-3H2,1H3/t4-,5+/m1/s1. The van der Waals surface area contributed by atoms with Gasteiger partial charge in [0.25, 0.3) is 0 Å². The van der Waals surface area contributed by atoms with Crippen molar-refractivity contribution >= 4 is 0 Å². The minimum atomic E-state index is -1.50. The summed E-state index contributed by atoms with van der Waals surface area (Å²) in [6.07, 6.45) is -2.57. The number of aliphatic hydroxyl groups is 1. The van der Waals surface area contributed by atoms with Crippen LogP contribution in [0, 0.1) is 0 Å². The van der Waals surface area contributed by atoms with Crippen molar-refractivity contribution in [3.05, 3.63) is 0 Å². The van der Waals surface area contributed by atoms with Crippen LogP contribution in [0.25, 0.3) is 0 Å². The second-order valence-corrected chi connectivity index (χ2v) is 1.84. The van der Waals surface area contributed by atoms with E-state index in [1.165, 1.54) is 6.92 Å². The molecule has 0 amide bonds. The Morgan fingerprint density at radius 3 is 2.44 bits per heavy atom. The van der Waals surface area contributed by atoms with Crippen LogP contribution in [0.5, 0.6) is 0 Å². The van der Waals surface area contributed by atoms with Gasteiger partial charge in [-0.25, -0.2) is 8.78 Å². The Balaban J connectivity index is 3.06. The van der Waals surface area contributed by atoms with E-state index >= 15 is 0 Å². The van der Waals surface area contributed by atoms with E-state index in [0.717, 1.165) is 0 Å². The molecule has 0 aliphatic carbocycles. The lowest BCUT2D eigenvalue weighted by Crippen LogP contribution is -2.32. The van der Waals surface area contributed by atoms with Gasteiger partial charge >= 0.3 is 0 Å². The van der Waals surface area contributed by atoms with Crippen LogP contribution in [0.15, 0.2) is 0 Å². The molecule has 0 fully saturated rings. The Hall–Kier alpha value is -0.220. The van der Waals surface area contributed by atoms with Gasteiger partial charge < -0.3 is 5.11 Å². The first-order chi connectivity index (χ1) is 4.16. The molecule has 2 N–H and O–H groups in total. The van der Waals surface area contributed by atoms with Crippen LogP contribution >= 0.6 is 0 Å². The molecular formula is C5H11F2NO. The van der Waals surface area contributed by atoms with Crippen molar-refractivity contribution in [3.8, 4) is 0 Å². The smallest absolute Gasteiger partial charge is 0.174 e. The van der Waals surface area contributed by atoms with Crippen molar-refractivity contribution in [2.75, 3.05) is 13.2 Å². The minimum Gasteiger partial charge on any atom is -0.392 e. The fourth-order valence-corrected chi connectivity index (χ4v) is 0.355. The maximum absolute atomic E-state index is 12.0. The lowest BCUT2D eigenvalue weighted by Gasteiger charge is -2.06. The number of hydrogen-bond acceptors (Lipinski definition) is 2. The van der Waals surface area contributed by atoms with Crippen LogP contribution in [0.4, 0.5) is 8.78 Å². The average Bonchev–Trinajstić information content (AvgIpc) is 1.83. The van der Waals surface area contributed by atoms with E-state index in [4.69, 9.17) is 5.11 Å². The van der Waals surface area contributed by atoms with Crippen molar-refractivity contribution in [2.45, 2.75) is 19.4 Å². The highest BCUT2D eigenvalue weighted by Gasteiger charge is 2.04. The largest absolute Gasteiger partial charge is 0.392 e. The third-order valence-corrected chi connectivity index (χ3v) is 0.781. The highest BCUT2D eigenvalue weighted by molar-refractivity contribution is 4.55. The topological polar surface area (TPSA) is 32.3 Å². The molecule has 2 nitrogen and oxygen atoms in total. The van der Waals surface area contributed by atoms with Crippen LogP contribution in [-0.2, 0) is 0 Å².